The first-order valence-electron chi connectivity index (χ1n) is 19.0. The fraction of sp³-hybridized carbons (Fsp3) is 0. The molecule has 3 aromatic heterocycles. The number of nitrogens with zero attached hydrogens (tertiary/aromatic N) is 1. The fourth-order valence-corrected chi connectivity index (χ4v) is 8.90. The van der Waals surface area contributed by atoms with Crippen LogP contribution < -0.4 is 0 Å². The van der Waals surface area contributed by atoms with Crippen molar-refractivity contribution in [3.05, 3.63) is 188 Å². The Bertz CT molecular complexity index is 3530. The second-order valence-corrected chi connectivity index (χ2v) is 14.6. The highest BCUT2D eigenvalue weighted by Gasteiger charge is 2.20. The van der Waals surface area contributed by atoms with Gasteiger partial charge in [0.05, 0.1) is 11.2 Å². The number of para-hydroxylation sites is 3. The van der Waals surface area contributed by atoms with Crippen molar-refractivity contribution in [2.75, 3.05) is 0 Å². The third-order valence-electron chi connectivity index (χ3n) is 11.5. The molecular weight excluding hydrogens is 683 g/mol. The summed E-state index contributed by atoms with van der Waals surface area (Å²) in [6.45, 7) is 0. The zero-order valence-corrected chi connectivity index (χ0v) is 30.2. The molecule has 0 amide bonds. The molecule has 0 unspecified atom stereocenters. The van der Waals surface area contributed by atoms with Crippen LogP contribution in [-0.4, -0.2) is 4.98 Å². The SMILES string of the molecule is c1ccc(-c2nc3ccccc3c3c2ccc2oc4c(-c5cccc(-c6cccc7c6oc6ccc(-c8cccc9ccccc89)cc67)c5)cccc4c23)cc1. The van der Waals surface area contributed by atoms with Gasteiger partial charge in [0.2, 0.25) is 0 Å². The summed E-state index contributed by atoms with van der Waals surface area (Å²) in [7, 11) is 0. The lowest BCUT2D eigenvalue weighted by atomic mass is 9.94. The van der Waals surface area contributed by atoms with Crippen LogP contribution in [0.2, 0.25) is 0 Å². The third kappa shape index (κ3) is 4.61. The number of hydrogen-bond acceptors (Lipinski definition) is 3. The Morgan fingerprint density at radius 1 is 0.321 bits per heavy atom. The van der Waals surface area contributed by atoms with E-state index in [-0.39, 0.29) is 0 Å². The molecule has 3 nitrogen and oxygen atoms in total. The molecule has 0 spiro atoms. The van der Waals surface area contributed by atoms with E-state index >= 15 is 0 Å². The highest BCUT2D eigenvalue weighted by Crippen LogP contribution is 2.45. The van der Waals surface area contributed by atoms with Crippen LogP contribution in [0.5, 0.6) is 0 Å². The van der Waals surface area contributed by atoms with Crippen LogP contribution in [0.15, 0.2) is 197 Å². The van der Waals surface area contributed by atoms with Crippen molar-refractivity contribution in [1.82, 2.24) is 4.98 Å². The number of hydrogen-bond donors (Lipinski definition) is 0. The molecule has 3 heteroatoms. The molecule has 0 aliphatic carbocycles. The number of fused-ring (bicyclic) bond motifs is 11. The van der Waals surface area contributed by atoms with E-state index in [1.54, 1.807) is 0 Å². The first-order valence-corrected chi connectivity index (χ1v) is 19.0. The average molecular weight is 714 g/mol. The molecule has 0 radical (unpaired) electrons. The molecule has 12 aromatic rings. The summed E-state index contributed by atoms with van der Waals surface area (Å²) < 4.78 is 13.5. The van der Waals surface area contributed by atoms with Gasteiger partial charge in [-0.15, -0.1) is 0 Å². The van der Waals surface area contributed by atoms with Crippen LogP contribution in [0.25, 0.3) is 121 Å². The minimum absolute atomic E-state index is 0.862. The van der Waals surface area contributed by atoms with Gasteiger partial charge in [0.25, 0.3) is 0 Å². The van der Waals surface area contributed by atoms with Crippen molar-refractivity contribution < 1.29 is 8.83 Å². The molecular formula is C53H31NO2. The van der Waals surface area contributed by atoms with E-state index in [9.17, 15) is 0 Å². The minimum atomic E-state index is 0.862. The predicted octanol–water partition coefficient (Wildman–Crippen LogP) is 15.0. The highest BCUT2D eigenvalue weighted by molar-refractivity contribution is 6.29. The standard InChI is InChI=1S/C53H31NO2/c1-2-13-33(14-3-1)51-43-27-29-48-50(49(43)42-19-6-7-25-46(42)54-51)44-24-11-22-40(53(44)56-48)35-17-8-16-34(30-35)39-21-10-23-41-45-31-36(26-28-47(45)55-52(39)41)38-20-9-15-32-12-4-5-18-37(32)38/h1-31H. The molecule has 0 saturated heterocycles. The number of rotatable bonds is 4. The van der Waals surface area contributed by atoms with Gasteiger partial charge >= 0.3 is 0 Å². The van der Waals surface area contributed by atoms with Gasteiger partial charge in [0, 0.05) is 54.4 Å². The lowest BCUT2D eigenvalue weighted by Gasteiger charge is -2.11. The molecule has 12 rings (SSSR count). The second-order valence-electron chi connectivity index (χ2n) is 14.6. The van der Waals surface area contributed by atoms with Crippen molar-refractivity contribution in [2.24, 2.45) is 0 Å². The molecule has 0 atom stereocenters. The van der Waals surface area contributed by atoms with E-state index < -0.39 is 0 Å². The lowest BCUT2D eigenvalue weighted by Crippen LogP contribution is -1.90. The Hall–Kier alpha value is -7.49. The summed E-state index contributed by atoms with van der Waals surface area (Å²) >= 11 is 0. The van der Waals surface area contributed by atoms with Gasteiger partial charge in [-0.25, -0.2) is 4.98 Å². The van der Waals surface area contributed by atoms with Crippen molar-refractivity contribution in [3.63, 3.8) is 0 Å². The first kappa shape index (κ1) is 30.9. The number of pyridine rings is 1. The van der Waals surface area contributed by atoms with Gasteiger partial charge in [0.1, 0.15) is 22.3 Å². The van der Waals surface area contributed by atoms with Crippen LogP contribution in [0.3, 0.4) is 0 Å². The Balaban J connectivity index is 1.02. The normalized spacial score (nSPS) is 11.9. The maximum atomic E-state index is 6.83. The smallest absolute Gasteiger partial charge is 0.143 e. The predicted molar refractivity (Wildman–Crippen MR) is 233 cm³/mol. The Labute approximate surface area is 321 Å². The van der Waals surface area contributed by atoms with Gasteiger partial charge < -0.3 is 8.83 Å². The Kier molecular flexibility index (Phi) is 6.63. The van der Waals surface area contributed by atoms with Gasteiger partial charge in [-0.3, -0.25) is 0 Å². The van der Waals surface area contributed by atoms with E-state index in [1.807, 2.05) is 6.07 Å². The average Bonchev–Trinajstić information content (AvgIpc) is 3.84. The van der Waals surface area contributed by atoms with Crippen LogP contribution >= 0.6 is 0 Å². The van der Waals surface area contributed by atoms with E-state index in [4.69, 9.17) is 13.8 Å². The molecule has 0 bridgehead atoms. The second kappa shape index (κ2) is 12.0. The summed E-state index contributed by atoms with van der Waals surface area (Å²) in [5.41, 5.74) is 13.2. The van der Waals surface area contributed by atoms with Crippen molar-refractivity contribution in [3.8, 4) is 44.6 Å². The van der Waals surface area contributed by atoms with Crippen LogP contribution in [0.1, 0.15) is 0 Å². The lowest BCUT2D eigenvalue weighted by molar-refractivity contribution is 0.670. The van der Waals surface area contributed by atoms with E-state index in [0.717, 1.165) is 99.1 Å². The number of furan rings is 2. The highest BCUT2D eigenvalue weighted by atomic mass is 16.3. The van der Waals surface area contributed by atoms with Crippen LogP contribution in [-0.2, 0) is 0 Å². The topological polar surface area (TPSA) is 39.2 Å². The van der Waals surface area contributed by atoms with Crippen molar-refractivity contribution in [2.45, 2.75) is 0 Å². The monoisotopic (exact) mass is 713 g/mol. The van der Waals surface area contributed by atoms with Gasteiger partial charge in [-0.2, -0.15) is 0 Å². The molecule has 0 saturated carbocycles. The molecule has 0 fully saturated rings. The summed E-state index contributed by atoms with van der Waals surface area (Å²) in [4.78, 5) is 5.17. The molecule has 9 aromatic carbocycles. The zero-order chi connectivity index (χ0) is 36.7. The van der Waals surface area contributed by atoms with Crippen molar-refractivity contribution in [1.29, 1.82) is 0 Å². The van der Waals surface area contributed by atoms with Crippen LogP contribution in [0, 0.1) is 0 Å². The summed E-state index contributed by atoms with van der Waals surface area (Å²) in [5, 5.41) is 10.3. The minimum Gasteiger partial charge on any atom is -0.455 e. The van der Waals surface area contributed by atoms with E-state index in [0.29, 0.717) is 0 Å². The molecule has 0 aliphatic rings. The summed E-state index contributed by atoms with van der Waals surface area (Å²) in [6, 6.07) is 66.5. The molecule has 260 valence electrons. The van der Waals surface area contributed by atoms with E-state index in [1.165, 1.54) is 21.9 Å². The Morgan fingerprint density at radius 2 is 0.911 bits per heavy atom. The quantitative estimate of drug-likeness (QED) is 0.170. The van der Waals surface area contributed by atoms with E-state index in [2.05, 4.69) is 182 Å². The Morgan fingerprint density at radius 3 is 1.77 bits per heavy atom. The van der Waals surface area contributed by atoms with Gasteiger partial charge in [-0.05, 0) is 69.4 Å². The van der Waals surface area contributed by atoms with Crippen molar-refractivity contribution >= 4 is 76.3 Å². The zero-order valence-electron chi connectivity index (χ0n) is 30.2. The molecule has 56 heavy (non-hydrogen) atoms. The molecule has 0 aliphatic heterocycles. The molecule has 3 heterocycles. The maximum absolute atomic E-state index is 6.83. The van der Waals surface area contributed by atoms with Gasteiger partial charge in [-0.1, -0.05) is 152 Å². The maximum Gasteiger partial charge on any atom is 0.143 e. The number of benzene rings is 9. The first-order chi connectivity index (χ1) is 27.8. The van der Waals surface area contributed by atoms with Crippen LogP contribution in [0.4, 0.5) is 0 Å². The molecule has 0 N–H and O–H groups in total. The number of aromatic nitrogens is 1. The largest absolute Gasteiger partial charge is 0.455 e. The van der Waals surface area contributed by atoms with Gasteiger partial charge in [0.15, 0.2) is 0 Å². The summed E-state index contributed by atoms with van der Waals surface area (Å²) in [5.74, 6) is 0. The third-order valence-corrected chi connectivity index (χ3v) is 11.5. The summed E-state index contributed by atoms with van der Waals surface area (Å²) in [6.07, 6.45) is 0. The fourth-order valence-electron chi connectivity index (χ4n) is 8.90.